The minimum absolute atomic E-state index is 0.125. The number of nitrogens with zero attached hydrogens (tertiary/aromatic N) is 2. The summed E-state index contributed by atoms with van der Waals surface area (Å²) in [5, 5.41) is 3.97. The number of aryl methyl sites for hydroxylation is 1. The van der Waals surface area contributed by atoms with Gasteiger partial charge in [0.1, 0.15) is 12.1 Å². The number of hydrogen-bond donors (Lipinski definition) is 2. The molecule has 1 aromatic heterocycles. The van der Waals surface area contributed by atoms with Crippen LogP contribution in [0.4, 0.5) is 10.5 Å². The van der Waals surface area contributed by atoms with Gasteiger partial charge in [-0.25, -0.2) is 9.69 Å². The van der Waals surface area contributed by atoms with Crippen LogP contribution in [0.5, 0.6) is 0 Å². The average Bonchev–Trinajstić information content (AvgIpc) is 3.46. The number of aromatic amines is 1. The highest BCUT2D eigenvalue weighted by Gasteiger charge is 2.53. The van der Waals surface area contributed by atoms with Crippen LogP contribution in [0.2, 0.25) is 0 Å². The highest BCUT2D eigenvalue weighted by molar-refractivity contribution is 6.24. The monoisotopic (exact) mass is 550 g/mol. The molecular weight excluding hydrogens is 516 g/mol. The zero-order chi connectivity index (χ0) is 28.7. The van der Waals surface area contributed by atoms with E-state index in [4.69, 9.17) is 4.74 Å². The lowest BCUT2D eigenvalue weighted by Crippen LogP contribution is -2.44. The Morgan fingerprint density at radius 1 is 1.02 bits per heavy atom. The molecule has 0 spiro atoms. The standard InChI is InChI=1S/C33H34N4O4/c1-20(2)41-18-8-17-34-31(38)24-10-5-7-12-27(24)37-32(39)28-19-25-23-9-4-6-11-26(23)35-29(25)30(36(28)33(37)40)22-15-13-21(3)14-16-22/h4-7,9-16,20,28,30,35H,8,17-19H2,1-3H3,(H,34,38). The number of nitrogens with one attached hydrogen (secondary N) is 2. The Kier molecular flexibility index (Phi) is 7.09. The number of rotatable bonds is 8. The molecule has 2 aliphatic heterocycles. The van der Waals surface area contributed by atoms with Crippen molar-refractivity contribution in [2.24, 2.45) is 0 Å². The molecule has 2 N–H and O–H groups in total. The van der Waals surface area contributed by atoms with Gasteiger partial charge in [-0.3, -0.25) is 14.5 Å². The molecule has 0 bridgehead atoms. The summed E-state index contributed by atoms with van der Waals surface area (Å²) in [4.78, 5) is 48.0. The summed E-state index contributed by atoms with van der Waals surface area (Å²) in [6.07, 6.45) is 1.18. The first kappa shape index (κ1) is 26.8. The predicted molar refractivity (Wildman–Crippen MR) is 158 cm³/mol. The second kappa shape index (κ2) is 10.9. The van der Waals surface area contributed by atoms with E-state index in [1.807, 2.05) is 63.2 Å². The number of carbonyl (C=O) groups excluding carboxylic acids is 3. The van der Waals surface area contributed by atoms with Crippen LogP contribution in [0, 0.1) is 6.92 Å². The molecular formula is C33H34N4O4. The quantitative estimate of drug-likeness (QED) is 0.224. The maximum atomic E-state index is 14.2. The van der Waals surface area contributed by atoms with E-state index in [1.165, 1.54) is 4.90 Å². The van der Waals surface area contributed by atoms with Gasteiger partial charge in [-0.15, -0.1) is 0 Å². The number of para-hydroxylation sites is 2. The van der Waals surface area contributed by atoms with Crippen molar-refractivity contribution >= 4 is 34.4 Å². The summed E-state index contributed by atoms with van der Waals surface area (Å²) < 4.78 is 5.56. The van der Waals surface area contributed by atoms with Gasteiger partial charge < -0.3 is 15.0 Å². The summed E-state index contributed by atoms with van der Waals surface area (Å²) in [5.41, 5.74) is 5.56. The Morgan fingerprint density at radius 2 is 1.76 bits per heavy atom. The fraction of sp³-hybridized carbons (Fsp3) is 0.303. The van der Waals surface area contributed by atoms with E-state index >= 15 is 0 Å². The van der Waals surface area contributed by atoms with Crippen LogP contribution in [-0.4, -0.2) is 53.0 Å². The number of anilines is 1. The molecule has 4 aromatic rings. The Balaban J connectivity index is 1.36. The Morgan fingerprint density at radius 3 is 2.54 bits per heavy atom. The Bertz CT molecular complexity index is 1620. The molecule has 0 radical (unpaired) electrons. The average molecular weight is 551 g/mol. The number of carbonyl (C=O) groups is 3. The van der Waals surface area contributed by atoms with Gasteiger partial charge in [0.05, 0.1) is 17.4 Å². The lowest BCUT2D eigenvalue weighted by atomic mass is 9.88. The maximum Gasteiger partial charge on any atom is 0.332 e. The van der Waals surface area contributed by atoms with Crippen molar-refractivity contribution < 1.29 is 19.1 Å². The van der Waals surface area contributed by atoms with Gasteiger partial charge in [-0.05, 0) is 56.5 Å². The van der Waals surface area contributed by atoms with Gasteiger partial charge in [0.2, 0.25) is 0 Å². The fourth-order valence-electron chi connectivity index (χ4n) is 5.94. The normalized spacial score (nSPS) is 18.2. The van der Waals surface area contributed by atoms with Crippen molar-refractivity contribution in [1.82, 2.24) is 15.2 Å². The molecule has 8 nitrogen and oxygen atoms in total. The first-order valence-electron chi connectivity index (χ1n) is 14.2. The number of amides is 4. The third-order valence-electron chi connectivity index (χ3n) is 7.89. The van der Waals surface area contributed by atoms with Crippen molar-refractivity contribution in [2.45, 2.75) is 51.8 Å². The highest BCUT2D eigenvalue weighted by atomic mass is 16.5. The summed E-state index contributed by atoms with van der Waals surface area (Å²) in [5.74, 6) is -0.657. The van der Waals surface area contributed by atoms with E-state index in [1.54, 1.807) is 29.2 Å². The first-order valence-corrected chi connectivity index (χ1v) is 14.2. The van der Waals surface area contributed by atoms with Crippen LogP contribution in [0.15, 0.2) is 72.8 Å². The molecule has 3 heterocycles. The lowest BCUT2D eigenvalue weighted by Gasteiger charge is -2.36. The van der Waals surface area contributed by atoms with Gasteiger partial charge in [0, 0.05) is 36.2 Å². The molecule has 1 fully saturated rings. The number of ether oxygens (including phenoxy) is 1. The summed E-state index contributed by atoms with van der Waals surface area (Å²) >= 11 is 0. The van der Waals surface area contributed by atoms with E-state index in [0.29, 0.717) is 31.7 Å². The van der Waals surface area contributed by atoms with Crippen LogP contribution < -0.4 is 10.2 Å². The molecule has 0 saturated carbocycles. The predicted octanol–water partition coefficient (Wildman–Crippen LogP) is 5.50. The number of H-pyrrole nitrogens is 1. The molecule has 1 saturated heterocycles. The van der Waals surface area contributed by atoms with Gasteiger partial charge in [0.15, 0.2) is 0 Å². The largest absolute Gasteiger partial charge is 0.379 e. The minimum Gasteiger partial charge on any atom is -0.379 e. The molecule has 6 rings (SSSR count). The number of hydrogen-bond acceptors (Lipinski definition) is 4. The molecule has 41 heavy (non-hydrogen) atoms. The van der Waals surface area contributed by atoms with Crippen molar-refractivity contribution in [1.29, 1.82) is 0 Å². The van der Waals surface area contributed by atoms with E-state index < -0.39 is 18.1 Å². The fourth-order valence-corrected chi connectivity index (χ4v) is 5.94. The van der Waals surface area contributed by atoms with Crippen LogP contribution in [0.3, 0.4) is 0 Å². The zero-order valence-electron chi connectivity index (χ0n) is 23.5. The third-order valence-corrected chi connectivity index (χ3v) is 7.89. The number of imide groups is 1. The van der Waals surface area contributed by atoms with Crippen LogP contribution >= 0.6 is 0 Å². The summed E-state index contributed by atoms with van der Waals surface area (Å²) in [6, 6.07) is 21.3. The minimum atomic E-state index is -0.690. The molecule has 210 valence electrons. The second-order valence-corrected chi connectivity index (χ2v) is 11.0. The first-order chi connectivity index (χ1) is 19.8. The van der Waals surface area contributed by atoms with E-state index in [9.17, 15) is 14.4 Å². The van der Waals surface area contributed by atoms with E-state index in [0.717, 1.165) is 33.3 Å². The van der Waals surface area contributed by atoms with Gasteiger partial charge in [0.25, 0.3) is 11.8 Å². The van der Waals surface area contributed by atoms with E-state index in [2.05, 4.69) is 16.4 Å². The molecule has 8 heteroatoms. The zero-order valence-corrected chi connectivity index (χ0v) is 23.5. The Hall–Kier alpha value is -4.43. The maximum absolute atomic E-state index is 14.2. The smallest absolute Gasteiger partial charge is 0.332 e. The number of fused-ring (bicyclic) bond motifs is 4. The molecule has 2 unspecified atom stereocenters. The highest BCUT2D eigenvalue weighted by Crippen LogP contribution is 2.45. The topological polar surface area (TPSA) is 94.7 Å². The number of benzene rings is 3. The third kappa shape index (κ3) is 4.78. The Labute approximate surface area is 239 Å². The van der Waals surface area contributed by atoms with Gasteiger partial charge in [-0.1, -0.05) is 60.2 Å². The lowest BCUT2D eigenvalue weighted by molar-refractivity contribution is -0.120. The SMILES string of the molecule is Cc1ccc(C2c3[nH]c4ccccc4c3CC3C(=O)N(c4ccccc4C(=O)NCCCOC(C)C)C(=O)N32)cc1. The molecule has 2 aliphatic rings. The van der Waals surface area contributed by atoms with Gasteiger partial charge in [-0.2, -0.15) is 0 Å². The van der Waals surface area contributed by atoms with E-state index in [-0.39, 0.29) is 23.5 Å². The molecule has 3 aromatic carbocycles. The number of aromatic nitrogens is 1. The van der Waals surface area contributed by atoms with Crippen molar-refractivity contribution in [3.63, 3.8) is 0 Å². The number of urea groups is 1. The molecule has 0 aliphatic carbocycles. The van der Waals surface area contributed by atoms with Crippen LogP contribution in [0.1, 0.15) is 59.1 Å². The second-order valence-electron chi connectivity index (χ2n) is 11.0. The van der Waals surface area contributed by atoms with Crippen LogP contribution in [0.25, 0.3) is 10.9 Å². The van der Waals surface area contributed by atoms with Crippen molar-refractivity contribution in [3.05, 3.63) is 101 Å². The summed E-state index contributed by atoms with van der Waals surface area (Å²) in [7, 11) is 0. The van der Waals surface area contributed by atoms with Crippen molar-refractivity contribution in [2.75, 3.05) is 18.1 Å². The molecule has 2 atom stereocenters. The van der Waals surface area contributed by atoms with Crippen molar-refractivity contribution in [3.8, 4) is 0 Å². The van der Waals surface area contributed by atoms with Gasteiger partial charge >= 0.3 is 6.03 Å². The summed E-state index contributed by atoms with van der Waals surface area (Å²) in [6.45, 7) is 6.92. The molecule has 4 amide bonds. The van der Waals surface area contributed by atoms with Crippen LogP contribution in [-0.2, 0) is 16.0 Å².